The molecule has 0 amide bonds. The summed E-state index contributed by atoms with van der Waals surface area (Å²) in [6.45, 7) is 4.32. The number of aliphatic imine (C=N–C) groups is 1. The third-order valence-corrected chi connectivity index (χ3v) is 6.66. The fraction of sp³-hybridized carbons (Fsp3) is 0.480. The molecule has 0 aromatic heterocycles. The van der Waals surface area contributed by atoms with Crippen molar-refractivity contribution in [3.8, 4) is 0 Å². The molecule has 0 radical (unpaired) electrons. The largest absolute Gasteiger partial charge is 0.381 e. The van der Waals surface area contributed by atoms with Crippen molar-refractivity contribution in [2.24, 2.45) is 10.9 Å². The normalized spacial score (nSPS) is 20.9. The third-order valence-electron chi connectivity index (χ3n) is 6.66. The number of halogens is 2. The molecule has 1 N–H and O–H groups in total. The number of likely N-dealkylation sites (tertiary alicyclic amines) is 1. The molecule has 4 nitrogen and oxygen atoms in total. The maximum Gasteiger partial charge on any atom is 0.193 e. The van der Waals surface area contributed by atoms with Crippen molar-refractivity contribution in [2.75, 3.05) is 39.9 Å². The Hall–Kier alpha value is -1.67. The van der Waals surface area contributed by atoms with E-state index in [1.165, 1.54) is 17.5 Å². The number of rotatable bonds is 5. The first-order valence-electron chi connectivity index (χ1n) is 11.0. The average Bonchev–Trinajstić information content (AvgIpc) is 3.24. The SMILES string of the molecule is CN=C(NCC1(c2ccc(F)cc2)CCOCC1)N1CCC(Cc2ccccc2)C1.I. The Bertz CT molecular complexity index is 838. The van der Waals surface area contributed by atoms with Gasteiger partial charge in [0.05, 0.1) is 0 Å². The van der Waals surface area contributed by atoms with Gasteiger partial charge in [-0.2, -0.15) is 0 Å². The maximum absolute atomic E-state index is 13.5. The smallest absolute Gasteiger partial charge is 0.193 e. The van der Waals surface area contributed by atoms with Crippen LogP contribution in [0.15, 0.2) is 59.6 Å². The van der Waals surface area contributed by atoms with Crippen molar-refractivity contribution in [3.05, 3.63) is 71.5 Å². The summed E-state index contributed by atoms with van der Waals surface area (Å²) in [6, 6.07) is 17.7. The van der Waals surface area contributed by atoms with Crippen molar-refractivity contribution in [3.63, 3.8) is 0 Å². The van der Waals surface area contributed by atoms with Crippen LogP contribution in [0.5, 0.6) is 0 Å². The Morgan fingerprint density at radius 1 is 1.13 bits per heavy atom. The molecule has 2 aliphatic heterocycles. The summed E-state index contributed by atoms with van der Waals surface area (Å²) in [5.41, 5.74) is 2.54. The molecule has 0 aliphatic carbocycles. The second-order valence-electron chi connectivity index (χ2n) is 8.59. The number of guanidine groups is 1. The lowest BCUT2D eigenvalue weighted by atomic mass is 9.74. The van der Waals surface area contributed by atoms with Gasteiger partial charge in [-0.05, 0) is 54.9 Å². The van der Waals surface area contributed by atoms with Gasteiger partial charge in [0.2, 0.25) is 0 Å². The number of nitrogens with zero attached hydrogens (tertiary/aromatic N) is 2. The lowest BCUT2D eigenvalue weighted by Gasteiger charge is -2.39. The van der Waals surface area contributed by atoms with Gasteiger partial charge in [0, 0.05) is 45.3 Å². The second-order valence-corrected chi connectivity index (χ2v) is 8.59. The minimum atomic E-state index is -0.189. The summed E-state index contributed by atoms with van der Waals surface area (Å²) in [7, 11) is 1.86. The molecule has 31 heavy (non-hydrogen) atoms. The van der Waals surface area contributed by atoms with Gasteiger partial charge in [-0.25, -0.2) is 4.39 Å². The number of hydrogen-bond donors (Lipinski definition) is 1. The fourth-order valence-electron chi connectivity index (χ4n) is 4.85. The zero-order valence-electron chi connectivity index (χ0n) is 18.2. The molecular formula is C25H33FIN3O. The predicted molar refractivity (Wildman–Crippen MR) is 135 cm³/mol. The van der Waals surface area contributed by atoms with Crippen LogP contribution in [0.3, 0.4) is 0 Å². The first kappa shape index (κ1) is 24.0. The van der Waals surface area contributed by atoms with Crippen LogP contribution in [-0.2, 0) is 16.6 Å². The zero-order chi connectivity index (χ0) is 20.8. The predicted octanol–water partition coefficient (Wildman–Crippen LogP) is 4.63. The molecule has 2 fully saturated rings. The molecule has 2 saturated heterocycles. The standard InChI is InChI=1S/C25H32FN3O.HI/c1-27-24(29-14-11-21(18-29)17-20-5-3-2-4-6-20)28-19-25(12-15-30-16-13-25)22-7-9-23(26)10-8-22;/h2-10,21H,11-19H2,1H3,(H,27,28);1H. The Morgan fingerprint density at radius 3 is 2.52 bits per heavy atom. The number of ether oxygens (including phenoxy) is 1. The number of hydrogen-bond acceptors (Lipinski definition) is 2. The summed E-state index contributed by atoms with van der Waals surface area (Å²) >= 11 is 0. The van der Waals surface area contributed by atoms with Crippen molar-refractivity contribution < 1.29 is 9.13 Å². The van der Waals surface area contributed by atoms with E-state index in [9.17, 15) is 4.39 Å². The zero-order valence-corrected chi connectivity index (χ0v) is 20.6. The maximum atomic E-state index is 13.5. The molecule has 2 aliphatic rings. The highest BCUT2D eigenvalue weighted by molar-refractivity contribution is 14.0. The van der Waals surface area contributed by atoms with Crippen LogP contribution in [0.4, 0.5) is 4.39 Å². The van der Waals surface area contributed by atoms with Gasteiger partial charge in [0.1, 0.15) is 5.82 Å². The van der Waals surface area contributed by atoms with Gasteiger partial charge in [-0.1, -0.05) is 42.5 Å². The van der Waals surface area contributed by atoms with Crippen LogP contribution < -0.4 is 5.32 Å². The van der Waals surface area contributed by atoms with E-state index in [2.05, 4.69) is 45.5 Å². The molecule has 0 spiro atoms. The summed E-state index contributed by atoms with van der Waals surface area (Å²) in [5.74, 6) is 1.44. The van der Waals surface area contributed by atoms with E-state index in [0.29, 0.717) is 5.92 Å². The van der Waals surface area contributed by atoms with Crippen LogP contribution in [0.2, 0.25) is 0 Å². The van der Waals surface area contributed by atoms with Gasteiger partial charge < -0.3 is 15.0 Å². The van der Waals surface area contributed by atoms with Gasteiger partial charge in [0.25, 0.3) is 0 Å². The van der Waals surface area contributed by atoms with Crippen LogP contribution >= 0.6 is 24.0 Å². The number of benzene rings is 2. The molecule has 0 bridgehead atoms. The van der Waals surface area contributed by atoms with E-state index in [0.717, 1.165) is 58.1 Å². The topological polar surface area (TPSA) is 36.9 Å². The van der Waals surface area contributed by atoms with Crippen LogP contribution in [0.1, 0.15) is 30.4 Å². The Labute approximate surface area is 202 Å². The van der Waals surface area contributed by atoms with E-state index in [1.54, 1.807) is 12.1 Å². The lowest BCUT2D eigenvalue weighted by Crippen LogP contribution is -2.49. The second kappa shape index (κ2) is 11.3. The quantitative estimate of drug-likeness (QED) is 0.344. The van der Waals surface area contributed by atoms with Crippen molar-refractivity contribution in [1.29, 1.82) is 0 Å². The molecule has 2 aromatic carbocycles. The summed E-state index contributed by atoms with van der Waals surface area (Å²) in [6.07, 6.45) is 4.16. The minimum Gasteiger partial charge on any atom is -0.381 e. The molecule has 2 heterocycles. The minimum absolute atomic E-state index is 0. The monoisotopic (exact) mass is 537 g/mol. The summed E-state index contributed by atoms with van der Waals surface area (Å²) in [5, 5.41) is 3.65. The van der Waals surface area contributed by atoms with Gasteiger partial charge in [-0.15, -0.1) is 24.0 Å². The Kier molecular flexibility index (Phi) is 8.72. The van der Waals surface area contributed by atoms with Crippen LogP contribution in [-0.4, -0.2) is 50.8 Å². The van der Waals surface area contributed by atoms with E-state index < -0.39 is 0 Å². The van der Waals surface area contributed by atoms with E-state index >= 15 is 0 Å². The molecule has 4 rings (SSSR count). The summed E-state index contributed by atoms with van der Waals surface area (Å²) < 4.78 is 19.1. The Morgan fingerprint density at radius 2 is 1.84 bits per heavy atom. The van der Waals surface area contributed by atoms with Crippen molar-refractivity contribution in [1.82, 2.24) is 10.2 Å². The molecular weight excluding hydrogens is 504 g/mol. The van der Waals surface area contributed by atoms with Gasteiger partial charge >= 0.3 is 0 Å². The molecule has 6 heteroatoms. The van der Waals surface area contributed by atoms with E-state index in [4.69, 9.17) is 4.74 Å². The van der Waals surface area contributed by atoms with Crippen molar-refractivity contribution in [2.45, 2.75) is 31.1 Å². The first-order chi connectivity index (χ1) is 14.7. The van der Waals surface area contributed by atoms with Crippen LogP contribution in [0.25, 0.3) is 0 Å². The fourth-order valence-corrected chi connectivity index (χ4v) is 4.85. The molecule has 0 saturated carbocycles. The highest BCUT2D eigenvalue weighted by Crippen LogP contribution is 2.34. The van der Waals surface area contributed by atoms with E-state index in [-0.39, 0.29) is 35.2 Å². The summed E-state index contributed by atoms with van der Waals surface area (Å²) in [4.78, 5) is 6.96. The van der Waals surface area contributed by atoms with Gasteiger partial charge in [-0.3, -0.25) is 4.99 Å². The molecule has 1 atom stereocenters. The molecule has 2 aromatic rings. The average molecular weight is 537 g/mol. The van der Waals surface area contributed by atoms with E-state index in [1.807, 2.05) is 19.2 Å². The van der Waals surface area contributed by atoms with Crippen molar-refractivity contribution >= 4 is 29.9 Å². The van der Waals surface area contributed by atoms with Gasteiger partial charge in [0.15, 0.2) is 5.96 Å². The lowest BCUT2D eigenvalue weighted by molar-refractivity contribution is 0.0512. The molecule has 1 unspecified atom stereocenters. The third kappa shape index (κ3) is 5.98. The highest BCUT2D eigenvalue weighted by atomic mass is 127. The highest BCUT2D eigenvalue weighted by Gasteiger charge is 2.35. The molecule has 168 valence electrons. The first-order valence-corrected chi connectivity index (χ1v) is 11.0. The van der Waals surface area contributed by atoms with Crippen LogP contribution in [0, 0.1) is 11.7 Å². The number of nitrogens with one attached hydrogen (secondary N) is 1. The Balaban J connectivity index is 0.00000272.